The number of rotatable bonds is 4. The molecule has 2 rings (SSSR count). The fourth-order valence-corrected chi connectivity index (χ4v) is 2.72. The molecule has 2 heterocycles. The first-order valence-corrected chi connectivity index (χ1v) is 6.58. The van der Waals surface area contributed by atoms with Crippen molar-refractivity contribution in [1.29, 1.82) is 0 Å². The van der Waals surface area contributed by atoms with Gasteiger partial charge in [0.1, 0.15) is 11.5 Å². The zero-order chi connectivity index (χ0) is 13.1. The zero-order valence-corrected chi connectivity index (χ0v) is 11.1. The monoisotopic (exact) mass is 251 g/mol. The van der Waals surface area contributed by atoms with Crippen LogP contribution >= 0.6 is 0 Å². The van der Waals surface area contributed by atoms with Crippen LogP contribution in [-0.2, 0) is 4.79 Å². The summed E-state index contributed by atoms with van der Waals surface area (Å²) in [6, 6.07) is 4.22. The summed E-state index contributed by atoms with van der Waals surface area (Å²) in [4.78, 5) is 13.1. The molecule has 100 valence electrons. The Morgan fingerprint density at radius 3 is 3.00 bits per heavy atom. The molecule has 18 heavy (non-hydrogen) atoms. The summed E-state index contributed by atoms with van der Waals surface area (Å²) < 4.78 is 5.66. The van der Waals surface area contributed by atoms with Crippen LogP contribution in [0.4, 0.5) is 0 Å². The molecule has 0 spiro atoms. The van der Waals surface area contributed by atoms with E-state index in [2.05, 4.69) is 11.8 Å². The Kier molecular flexibility index (Phi) is 4.07. The van der Waals surface area contributed by atoms with Gasteiger partial charge in [-0.25, -0.2) is 0 Å². The molecular weight excluding hydrogens is 230 g/mol. The molecule has 2 unspecified atom stereocenters. The second-order valence-electron chi connectivity index (χ2n) is 5.23. The normalized spacial score (nSPS) is 22.9. The number of nitrogens with zero attached hydrogens (tertiary/aromatic N) is 1. The lowest BCUT2D eigenvalue weighted by atomic mass is 9.93. The molecule has 4 nitrogen and oxygen atoms in total. The van der Waals surface area contributed by atoms with Crippen molar-refractivity contribution in [2.24, 2.45) is 5.92 Å². The maximum absolute atomic E-state index is 10.8. The first-order chi connectivity index (χ1) is 8.56. The molecular formula is C14H21NO3. The third-order valence-corrected chi connectivity index (χ3v) is 3.73. The lowest BCUT2D eigenvalue weighted by molar-refractivity contribution is -0.138. The second-order valence-corrected chi connectivity index (χ2v) is 5.23. The van der Waals surface area contributed by atoms with Crippen LogP contribution in [0.25, 0.3) is 0 Å². The van der Waals surface area contributed by atoms with Crippen molar-refractivity contribution in [3.05, 3.63) is 23.7 Å². The molecule has 1 fully saturated rings. The summed E-state index contributed by atoms with van der Waals surface area (Å²) >= 11 is 0. The molecule has 0 saturated carbocycles. The van der Waals surface area contributed by atoms with Crippen LogP contribution in [0, 0.1) is 12.8 Å². The lowest BCUT2D eigenvalue weighted by Crippen LogP contribution is -2.37. The Balaban J connectivity index is 1.97. The Morgan fingerprint density at radius 2 is 2.39 bits per heavy atom. The Hall–Kier alpha value is -1.29. The number of aryl methyl sites for hydroxylation is 1. The highest BCUT2D eigenvalue weighted by Crippen LogP contribution is 2.28. The van der Waals surface area contributed by atoms with Crippen LogP contribution in [-0.4, -0.2) is 29.1 Å². The molecule has 1 aromatic heterocycles. The van der Waals surface area contributed by atoms with Gasteiger partial charge in [-0.05, 0) is 51.3 Å². The second kappa shape index (κ2) is 5.57. The number of carboxylic acid groups (broad SMARTS) is 1. The first kappa shape index (κ1) is 13.1. The number of carboxylic acids is 1. The molecule has 0 bridgehead atoms. The number of aliphatic carboxylic acids is 1. The molecule has 4 heteroatoms. The van der Waals surface area contributed by atoms with Gasteiger partial charge in [-0.2, -0.15) is 0 Å². The number of furan rings is 1. The summed E-state index contributed by atoms with van der Waals surface area (Å²) in [6.07, 6.45) is 2.37. The molecule has 2 atom stereocenters. The largest absolute Gasteiger partial charge is 0.481 e. The predicted molar refractivity (Wildman–Crippen MR) is 68.4 cm³/mol. The first-order valence-electron chi connectivity index (χ1n) is 6.58. The zero-order valence-electron chi connectivity index (χ0n) is 11.1. The van der Waals surface area contributed by atoms with E-state index in [-0.39, 0.29) is 18.4 Å². The number of hydrogen-bond donors (Lipinski definition) is 1. The van der Waals surface area contributed by atoms with Crippen molar-refractivity contribution in [3.63, 3.8) is 0 Å². The summed E-state index contributed by atoms with van der Waals surface area (Å²) in [5.41, 5.74) is 0. The van der Waals surface area contributed by atoms with Crippen molar-refractivity contribution in [2.45, 2.75) is 39.2 Å². The van der Waals surface area contributed by atoms with E-state index in [0.717, 1.165) is 37.5 Å². The van der Waals surface area contributed by atoms with Crippen LogP contribution < -0.4 is 0 Å². The molecule has 1 N–H and O–H groups in total. The quantitative estimate of drug-likeness (QED) is 0.894. The van der Waals surface area contributed by atoms with Crippen LogP contribution in [0.5, 0.6) is 0 Å². The molecule has 0 aromatic carbocycles. The van der Waals surface area contributed by atoms with Crippen LogP contribution in [0.15, 0.2) is 16.5 Å². The van der Waals surface area contributed by atoms with E-state index in [1.807, 2.05) is 19.1 Å². The number of piperidine rings is 1. The smallest absolute Gasteiger partial charge is 0.303 e. The fraction of sp³-hybridized carbons (Fsp3) is 0.643. The van der Waals surface area contributed by atoms with Gasteiger partial charge in [0, 0.05) is 13.0 Å². The van der Waals surface area contributed by atoms with Crippen molar-refractivity contribution in [2.75, 3.05) is 13.1 Å². The third kappa shape index (κ3) is 3.13. The van der Waals surface area contributed by atoms with Gasteiger partial charge in [0.25, 0.3) is 0 Å². The molecule has 1 saturated heterocycles. The van der Waals surface area contributed by atoms with Gasteiger partial charge in [-0.15, -0.1) is 0 Å². The standard InChI is InChI=1S/C14H21NO3/c1-10-5-6-13(18-10)11(2)15-7-3-4-12(9-15)8-14(16)17/h5-6,11-12H,3-4,7-9H2,1-2H3,(H,16,17). The number of likely N-dealkylation sites (tertiary alicyclic amines) is 1. The number of hydrogen-bond acceptors (Lipinski definition) is 3. The summed E-state index contributed by atoms with van der Waals surface area (Å²) in [7, 11) is 0. The molecule has 0 amide bonds. The van der Waals surface area contributed by atoms with Crippen molar-refractivity contribution >= 4 is 5.97 Å². The van der Waals surface area contributed by atoms with E-state index in [0.29, 0.717) is 0 Å². The van der Waals surface area contributed by atoms with Gasteiger partial charge < -0.3 is 9.52 Å². The minimum Gasteiger partial charge on any atom is -0.481 e. The summed E-state index contributed by atoms with van der Waals surface area (Å²) in [5, 5.41) is 8.87. The van der Waals surface area contributed by atoms with E-state index in [4.69, 9.17) is 9.52 Å². The Morgan fingerprint density at radius 1 is 1.61 bits per heavy atom. The molecule has 1 aliphatic heterocycles. The molecule has 1 aliphatic rings. The third-order valence-electron chi connectivity index (χ3n) is 3.73. The minimum atomic E-state index is -0.691. The van der Waals surface area contributed by atoms with Crippen molar-refractivity contribution in [3.8, 4) is 0 Å². The highest BCUT2D eigenvalue weighted by atomic mass is 16.4. The summed E-state index contributed by atoms with van der Waals surface area (Å²) in [5.74, 6) is 1.48. The number of carbonyl (C=O) groups is 1. The predicted octanol–water partition coefficient (Wildman–Crippen LogP) is 2.84. The van der Waals surface area contributed by atoms with Crippen LogP contribution in [0.2, 0.25) is 0 Å². The van der Waals surface area contributed by atoms with E-state index in [1.165, 1.54) is 0 Å². The van der Waals surface area contributed by atoms with E-state index < -0.39 is 5.97 Å². The highest BCUT2D eigenvalue weighted by Gasteiger charge is 2.26. The van der Waals surface area contributed by atoms with Crippen LogP contribution in [0.3, 0.4) is 0 Å². The maximum Gasteiger partial charge on any atom is 0.303 e. The Labute approximate surface area is 108 Å². The van der Waals surface area contributed by atoms with E-state index in [1.54, 1.807) is 0 Å². The van der Waals surface area contributed by atoms with Gasteiger partial charge >= 0.3 is 5.97 Å². The molecule has 0 radical (unpaired) electrons. The van der Waals surface area contributed by atoms with E-state index >= 15 is 0 Å². The SMILES string of the molecule is Cc1ccc(C(C)N2CCCC(CC(=O)O)C2)o1. The summed E-state index contributed by atoms with van der Waals surface area (Å²) in [6.45, 7) is 5.95. The maximum atomic E-state index is 10.8. The van der Waals surface area contributed by atoms with Gasteiger partial charge in [0.05, 0.1) is 6.04 Å². The van der Waals surface area contributed by atoms with Gasteiger partial charge in [0.15, 0.2) is 0 Å². The van der Waals surface area contributed by atoms with E-state index in [9.17, 15) is 4.79 Å². The van der Waals surface area contributed by atoms with Gasteiger partial charge in [-0.1, -0.05) is 0 Å². The Bertz CT molecular complexity index is 413. The molecule has 1 aromatic rings. The van der Waals surface area contributed by atoms with Gasteiger partial charge in [-0.3, -0.25) is 9.69 Å². The average Bonchev–Trinajstić information content (AvgIpc) is 2.74. The topological polar surface area (TPSA) is 53.7 Å². The highest BCUT2D eigenvalue weighted by molar-refractivity contribution is 5.67. The van der Waals surface area contributed by atoms with Crippen molar-refractivity contribution in [1.82, 2.24) is 4.90 Å². The average molecular weight is 251 g/mol. The fourth-order valence-electron chi connectivity index (χ4n) is 2.72. The lowest BCUT2D eigenvalue weighted by Gasteiger charge is -2.35. The molecule has 0 aliphatic carbocycles. The minimum absolute atomic E-state index is 0.232. The van der Waals surface area contributed by atoms with Crippen LogP contribution in [0.1, 0.15) is 43.7 Å². The van der Waals surface area contributed by atoms with Gasteiger partial charge in [0.2, 0.25) is 0 Å². The van der Waals surface area contributed by atoms with Crippen molar-refractivity contribution < 1.29 is 14.3 Å².